The fraction of sp³-hybridized carbons (Fsp3) is 0.385. The van der Waals surface area contributed by atoms with Gasteiger partial charge in [0.25, 0.3) is 0 Å². The number of carbonyl (C=O) groups excluding carboxylic acids is 1. The molecular weight excluding hydrogens is 261 g/mol. The molecule has 2 N–H and O–H groups in total. The van der Waals surface area contributed by atoms with Crippen molar-refractivity contribution in [3.8, 4) is 0 Å². The van der Waals surface area contributed by atoms with Crippen LogP contribution in [0.15, 0.2) is 24.0 Å². The molecule has 2 aromatic rings. The van der Waals surface area contributed by atoms with Crippen LogP contribution < -0.4 is 10.8 Å². The summed E-state index contributed by atoms with van der Waals surface area (Å²) in [5.74, 6) is 7.13. The van der Waals surface area contributed by atoms with Crippen molar-refractivity contribution in [2.75, 3.05) is 18.6 Å². The van der Waals surface area contributed by atoms with Gasteiger partial charge >= 0.3 is 0 Å². The lowest BCUT2D eigenvalue weighted by Crippen LogP contribution is -2.27. The van der Waals surface area contributed by atoms with Crippen molar-refractivity contribution in [2.45, 2.75) is 19.5 Å². The van der Waals surface area contributed by atoms with Crippen LogP contribution in [0.25, 0.3) is 10.9 Å². The van der Waals surface area contributed by atoms with E-state index in [2.05, 4.69) is 22.3 Å². The Kier molecular flexibility index (Phi) is 4.53. The highest BCUT2D eigenvalue weighted by Gasteiger charge is 2.12. The van der Waals surface area contributed by atoms with Gasteiger partial charge in [-0.3, -0.25) is 4.79 Å². The quantitative estimate of drug-likeness (QED) is 0.854. The Labute approximate surface area is 113 Å². The minimum atomic E-state index is -0.366. The van der Waals surface area contributed by atoms with Crippen LogP contribution in [-0.4, -0.2) is 24.3 Å². The van der Waals surface area contributed by atoms with Gasteiger partial charge in [-0.2, -0.15) is 0 Å². The second-order valence-corrected chi connectivity index (χ2v) is 6.27. The highest BCUT2D eigenvalue weighted by molar-refractivity contribution is 7.44. The van der Waals surface area contributed by atoms with E-state index in [4.69, 9.17) is 5.90 Å². The molecule has 0 aliphatic carbocycles. The highest BCUT2D eigenvalue weighted by Crippen LogP contribution is 2.32. The monoisotopic (exact) mass is 279 g/mol. The van der Waals surface area contributed by atoms with Crippen LogP contribution in [0.3, 0.4) is 0 Å². The van der Waals surface area contributed by atoms with E-state index in [0.717, 1.165) is 17.4 Å². The van der Waals surface area contributed by atoms with E-state index in [9.17, 15) is 4.79 Å². The number of hydrogen-bond donors (Lipinski definition) is 1. The fourth-order valence-corrected chi connectivity index (χ4v) is 3.26. The molecule has 0 fully saturated rings. The molecule has 1 heterocycles. The largest absolute Gasteiger partial charge is 0.315 e. The summed E-state index contributed by atoms with van der Waals surface area (Å²) in [5, 5.41) is 1.17. The first kappa shape index (κ1) is 14.0. The van der Waals surface area contributed by atoms with Crippen molar-refractivity contribution in [3.63, 3.8) is 0 Å². The number of fused-ring (bicyclic) bond motifs is 1. The summed E-state index contributed by atoms with van der Waals surface area (Å²) in [4.78, 5) is 17.9. The van der Waals surface area contributed by atoms with Crippen molar-refractivity contribution in [1.29, 1.82) is 0 Å². The van der Waals surface area contributed by atoms with Crippen molar-refractivity contribution in [1.82, 2.24) is 4.75 Å². The second kappa shape index (κ2) is 6.15. The molecule has 1 aromatic carbocycles. The van der Waals surface area contributed by atoms with Crippen LogP contribution >= 0.6 is 7.69 Å². The van der Waals surface area contributed by atoms with Gasteiger partial charge in [-0.05, 0) is 31.8 Å². The van der Waals surface area contributed by atoms with E-state index >= 15 is 0 Å². The average molecular weight is 279 g/mol. The molecule has 0 aliphatic heterocycles. The third-order valence-corrected chi connectivity index (χ3v) is 4.75. The Balaban J connectivity index is 2.22. The number of nitrogens with zero attached hydrogens (tertiary/aromatic N) is 2. The van der Waals surface area contributed by atoms with Gasteiger partial charge in [0.05, 0.1) is 18.5 Å². The summed E-state index contributed by atoms with van der Waals surface area (Å²) in [6.07, 6.45) is 1.33. The van der Waals surface area contributed by atoms with Gasteiger partial charge in [-0.15, -0.1) is 0 Å². The van der Waals surface area contributed by atoms with Crippen LogP contribution in [0.1, 0.15) is 13.3 Å². The van der Waals surface area contributed by atoms with Gasteiger partial charge < -0.3 is 9.74 Å². The number of benzene rings is 1. The zero-order valence-corrected chi connectivity index (χ0v) is 12.1. The second-order valence-electron chi connectivity index (χ2n) is 4.30. The molecule has 0 radical (unpaired) electrons. The number of amides is 1. The Bertz CT molecular complexity index is 582. The number of carbonyl (C=O) groups is 1. The molecule has 6 heteroatoms. The molecule has 1 amide bonds. The number of nitrogens with two attached hydrogens (primary N) is 1. The van der Waals surface area contributed by atoms with Crippen molar-refractivity contribution in [2.24, 2.45) is 5.90 Å². The molecule has 0 saturated heterocycles. The minimum Gasteiger partial charge on any atom is -0.315 e. The number of anilines is 1. The lowest BCUT2D eigenvalue weighted by Gasteiger charge is -2.17. The highest BCUT2D eigenvalue weighted by atomic mass is 31.1. The van der Waals surface area contributed by atoms with Crippen LogP contribution in [0, 0.1) is 0 Å². The molecule has 0 spiro atoms. The molecule has 1 atom stereocenters. The van der Waals surface area contributed by atoms with Gasteiger partial charge in [0.2, 0.25) is 5.91 Å². The van der Waals surface area contributed by atoms with E-state index in [-0.39, 0.29) is 26.6 Å². The zero-order valence-electron chi connectivity index (χ0n) is 11.2. The molecule has 0 aliphatic rings. The number of rotatable bonds is 5. The third kappa shape index (κ3) is 3.13. The standard InChI is InChI=1S/C13H18N3O2P/c1-3-19-9-10-4-5-11(8-12(10)15-19)16(2)13(17)6-7-18-14/h4-5,8-9H,3,6-7,14H2,1-2H3. The van der Waals surface area contributed by atoms with Gasteiger partial charge in [-0.25, -0.2) is 10.6 Å². The van der Waals surface area contributed by atoms with E-state index in [1.807, 2.05) is 18.2 Å². The summed E-state index contributed by atoms with van der Waals surface area (Å²) in [6.45, 7) is 2.37. The number of hydrogen-bond acceptors (Lipinski definition) is 4. The van der Waals surface area contributed by atoms with Crippen LogP contribution in [0.2, 0.25) is 0 Å². The minimum absolute atomic E-state index is 0.0230. The lowest BCUT2D eigenvalue weighted by molar-refractivity contribution is -0.119. The Morgan fingerprint density at radius 2 is 2.32 bits per heavy atom. The first-order chi connectivity index (χ1) is 9.15. The Hall–Kier alpha value is -1.42. The lowest BCUT2D eigenvalue weighted by atomic mass is 10.2. The molecule has 102 valence electrons. The van der Waals surface area contributed by atoms with E-state index in [1.54, 1.807) is 11.9 Å². The molecule has 5 nitrogen and oxygen atoms in total. The van der Waals surface area contributed by atoms with E-state index < -0.39 is 0 Å². The molecule has 2 rings (SSSR count). The maximum atomic E-state index is 11.9. The molecule has 0 bridgehead atoms. The molecule has 1 unspecified atom stereocenters. The maximum absolute atomic E-state index is 11.9. The number of aromatic nitrogens is 1. The topological polar surface area (TPSA) is 68.5 Å². The Morgan fingerprint density at radius 3 is 3.00 bits per heavy atom. The predicted molar refractivity (Wildman–Crippen MR) is 78.3 cm³/mol. The fourth-order valence-electron chi connectivity index (χ4n) is 1.88. The van der Waals surface area contributed by atoms with Crippen molar-refractivity contribution in [3.05, 3.63) is 24.0 Å². The molecule has 19 heavy (non-hydrogen) atoms. The predicted octanol–water partition coefficient (Wildman–Crippen LogP) is 2.48. The van der Waals surface area contributed by atoms with Crippen LogP contribution in [0.4, 0.5) is 5.69 Å². The Morgan fingerprint density at radius 1 is 1.53 bits per heavy atom. The zero-order chi connectivity index (χ0) is 13.8. The average Bonchev–Trinajstić information content (AvgIpc) is 2.85. The van der Waals surface area contributed by atoms with Gasteiger partial charge in [-0.1, -0.05) is 13.0 Å². The molecule has 1 aromatic heterocycles. The summed E-state index contributed by atoms with van der Waals surface area (Å²) in [5.41, 5.74) is 1.84. The van der Waals surface area contributed by atoms with Crippen molar-refractivity contribution >= 4 is 30.2 Å². The van der Waals surface area contributed by atoms with Gasteiger partial charge in [0.1, 0.15) is 0 Å². The first-order valence-corrected chi connectivity index (χ1v) is 7.76. The van der Waals surface area contributed by atoms with E-state index in [1.165, 1.54) is 5.39 Å². The first-order valence-electron chi connectivity index (χ1n) is 6.21. The summed E-state index contributed by atoms with van der Waals surface area (Å²) < 4.78 is 4.66. The number of aryl methyl sites for hydroxylation is 1. The summed E-state index contributed by atoms with van der Waals surface area (Å²) in [6, 6.07) is 5.93. The third-order valence-electron chi connectivity index (χ3n) is 3.06. The SMILES string of the molecule is CCp1cc2ccc(N(C)C(=O)CCON)cc2n1. The maximum Gasteiger partial charge on any atom is 0.229 e. The van der Waals surface area contributed by atoms with E-state index in [0.29, 0.717) is 0 Å². The molecule has 0 saturated carbocycles. The smallest absolute Gasteiger partial charge is 0.229 e. The summed E-state index contributed by atoms with van der Waals surface area (Å²) >= 11 is 0. The summed E-state index contributed by atoms with van der Waals surface area (Å²) in [7, 11) is 1.39. The normalized spacial score (nSPS) is 11.8. The van der Waals surface area contributed by atoms with Crippen molar-refractivity contribution < 1.29 is 9.63 Å². The van der Waals surface area contributed by atoms with Gasteiger partial charge in [0.15, 0.2) is 0 Å². The van der Waals surface area contributed by atoms with Gasteiger partial charge in [0, 0.05) is 18.1 Å². The van der Waals surface area contributed by atoms with Crippen LogP contribution in [-0.2, 0) is 15.8 Å². The van der Waals surface area contributed by atoms with Crippen LogP contribution in [0.5, 0.6) is 0 Å². The molecular formula is C13H18N3O2P.